The summed E-state index contributed by atoms with van der Waals surface area (Å²) in [5.74, 6) is 0.697. The Bertz CT molecular complexity index is 614. The van der Waals surface area contributed by atoms with Crippen molar-refractivity contribution in [2.24, 2.45) is 7.05 Å². The van der Waals surface area contributed by atoms with Gasteiger partial charge in [-0.1, -0.05) is 6.07 Å². The Balaban J connectivity index is 1.92. The largest absolute Gasteiger partial charge is 0.383 e. The van der Waals surface area contributed by atoms with E-state index in [1.54, 1.807) is 4.68 Å². The summed E-state index contributed by atoms with van der Waals surface area (Å²) < 4.78 is 2.82. The highest BCUT2D eigenvalue weighted by molar-refractivity contribution is 9.10. The standard InChI is InChI=1S/C15H19BrN4/c1-19-15(17)12(10-18-19)11-5-6-14(13(16)9-11)20-7-3-2-4-8-20/h5-6,9-10H,2-4,7-8,17H2,1H3. The molecule has 2 heterocycles. The average molecular weight is 335 g/mol. The van der Waals surface area contributed by atoms with Gasteiger partial charge in [0.1, 0.15) is 5.82 Å². The minimum atomic E-state index is 0.697. The van der Waals surface area contributed by atoms with Crippen molar-refractivity contribution in [1.82, 2.24) is 9.78 Å². The third kappa shape index (κ3) is 2.42. The van der Waals surface area contributed by atoms with Crippen molar-refractivity contribution in [3.8, 4) is 11.1 Å². The van der Waals surface area contributed by atoms with Crippen molar-refractivity contribution < 1.29 is 0 Å². The highest BCUT2D eigenvalue weighted by atomic mass is 79.9. The zero-order chi connectivity index (χ0) is 14.1. The van der Waals surface area contributed by atoms with Gasteiger partial charge < -0.3 is 10.6 Å². The molecule has 5 heteroatoms. The van der Waals surface area contributed by atoms with Crippen LogP contribution in [0.2, 0.25) is 0 Å². The van der Waals surface area contributed by atoms with E-state index in [0.717, 1.165) is 28.7 Å². The van der Waals surface area contributed by atoms with Gasteiger partial charge in [0.25, 0.3) is 0 Å². The van der Waals surface area contributed by atoms with E-state index in [0.29, 0.717) is 5.82 Å². The third-order valence-corrected chi connectivity index (χ3v) is 4.58. The molecule has 2 aromatic rings. The van der Waals surface area contributed by atoms with Crippen LogP contribution in [0.15, 0.2) is 28.9 Å². The van der Waals surface area contributed by atoms with Gasteiger partial charge in [-0.25, -0.2) is 0 Å². The van der Waals surface area contributed by atoms with Gasteiger partial charge in [0.15, 0.2) is 0 Å². The smallest absolute Gasteiger partial charge is 0.129 e. The summed E-state index contributed by atoms with van der Waals surface area (Å²) in [7, 11) is 1.86. The van der Waals surface area contributed by atoms with Crippen LogP contribution >= 0.6 is 15.9 Å². The molecule has 0 unspecified atom stereocenters. The molecule has 20 heavy (non-hydrogen) atoms. The van der Waals surface area contributed by atoms with E-state index >= 15 is 0 Å². The number of aryl methyl sites for hydroxylation is 1. The molecule has 1 aliphatic rings. The molecule has 0 bridgehead atoms. The Morgan fingerprint density at radius 3 is 2.55 bits per heavy atom. The molecule has 0 amide bonds. The van der Waals surface area contributed by atoms with E-state index < -0.39 is 0 Å². The van der Waals surface area contributed by atoms with E-state index in [-0.39, 0.29) is 0 Å². The van der Waals surface area contributed by atoms with Crippen molar-refractivity contribution in [1.29, 1.82) is 0 Å². The number of aromatic nitrogens is 2. The second-order valence-electron chi connectivity index (χ2n) is 5.28. The number of benzene rings is 1. The van der Waals surface area contributed by atoms with E-state index in [4.69, 9.17) is 5.73 Å². The van der Waals surface area contributed by atoms with Gasteiger partial charge in [-0.2, -0.15) is 5.10 Å². The van der Waals surface area contributed by atoms with E-state index in [1.807, 2.05) is 13.2 Å². The van der Waals surface area contributed by atoms with Crippen LogP contribution in [0.4, 0.5) is 11.5 Å². The quantitative estimate of drug-likeness (QED) is 0.915. The second-order valence-corrected chi connectivity index (χ2v) is 6.14. The molecular formula is C15H19BrN4. The maximum Gasteiger partial charge on any atom is 0.129 e. The van der Waals surface area contributed by atoms with Gasteiger partial charge in [0.2, 0.25) is 0 Å². The average Bonchev–Trinajstić information content (AvgIpc) is 2.80. The Labute approximate surface area is 127 Å². The van der Waals surface area contributed by atoms with E-state index in [9.17, 15) is 0 Å². The number of hydrogen-bond donors (Lipinski definition) is 1. The number of nitrogens with zero attached hydrogens (tertiary/aromatic N) is 3. The first-order chi connectivity index (χ1) is 9.66. The lowest BCUT2D eigenvalue weighted by Gasteiger charge is -2.29. The molecule has 3 rings (SSSR count). The molecular weight excluding hydrogens is 316 g/mol. The second kappa shape index (κ2) is 5.48. The molecule has 1 saturated heterocycles. The molecule has 1 fully saturated rings. The first-order valence-electron chi connectivity index (χ1n) is 6.99. The van der Waals surface area contributed by atoms with Gasteiger partial charge in [-0.15, -0.1) is 0 Å². The van der Waals surface area contributed by atoms with Gasteiger partial charge in [0.05, 0.1) is 11.9 Å². The summed E-state index contributed by atoms with van der Waals surface area (Å²) in [5.41, 5.74) is 9.40. The van der Waals surface area contributed by atoms with Crippen LogP contribution in [-0.2, 0) is 7.05 Å². The van der Waals surface area contributed by atoms with Crippen LogP contribution in [0.5, 0.6) is 0 Å². The van der Waals surface area contributed by atoms with Crippen molar-refractivity contribution in [2.75, 3.05) is 23.7 Å². The fraction of sp³-hybridized carbons (Fsp3) is 0.400. The van der Waals surface area contributed by atoms with Crippen molar-refractivity contribution in [3.63, 3.8) is 0 Å². The van der Waals surface area contributed by atoms with Gasteiger partial charge in [-0.3, -0.25) is 4.68 Å². The normalized spacial score (nSPS) is 15.6. The van der Waals surface area contributed by atoms with E-state index in [1.165, 1.54) is 24.9 Å². The molecule has 2 N–H and O–H groups in total. The van der Waals surface area contributed by atoms with Gasteiger partial charge in [0, 0.05) is 30.2 Å². The number of nitrogen functional groups attached to an aromatic ring is 1. The van der Waals surface area contributed by atoms with Gasteiger partial charge in [-0.05, 0) is 52.9 Å². The summed E-state index contributed by atoms with van der Waals surface area (Å²) >= 11 is 3.70. The molecule has 1 aliphatic heterocycles. The lowest BCUT2D eigenvalue weighted by Crippen LogP contribution is -2.29. The highest BCUT2D eigenvalue weighted by Gasteiger charge is 2.15. The lowest BCUT2D eigenvalue weighted by molar-refractivity contribution is 0.577. The monoisotopic (exact) mass is 334 g/mol. The highest BCUT2D eigenvalue weighted by Crippen LogP contribution is 2.34. The number of anilines is 2. The van der Waals surface area contributed by atoms with Gasteiger partial charge >= 0.3 is 0 Å². The number of hydrogen-bond acceptors (Lipinski definition) is 3. The van der Waals surface area contributed by atoms with Crippen LogP contribution in [0.3, 0.4) is 0 Å². The molecule has 0 spiro atoms. The minimum absolute atomic E-state index is 0.697. The molecule has 0 saturated carbocycles. The van der Waals surface area contributed by atoms with Crippen LogP contribution in [0.1, 0.15) is 19.3 Å². The number of halogens is 1. The van der Waals surface area contributed by atoms with Crippen LogP contribution in [-0.4, -0.2) is 22.9 Å². The topological polar surface area (TPSA) is 47.1 Å². The zero-order valence-electron chi connectivity index (χ0n) is 11.6. The van der Waals surface area contributed by atoms with Crippen molar-refractivity contribution >= 4 is 27.4 Å². The number of piperidine rings is 1. The van der Waals surface area contributed by atoms with Crippen LogP contribution in [0.25, 0.3) is 11.1 Å². The first-order valence-corrected chi connectivity index (χ1v) is 7.78. The third-order valence-electron chi connectivity index (χ3n) is 3.94. The summed E-state index contributed by atoms with van der Waals surface area (Å²) in [4.78, 5) is 2.45. The summed E-state index contributed by atoms with van der Waals surface area (Å²) in [5, 5.41) is 4.20. The molecule has 0 radical (unpaired) electrons. The SMILES string of the molecule is Cn1ncc(-c2ccc(N3CCCCC3)c(Br)c2)c1N. The maximum absolute atomic E-state index is 6.04. The van der Waals surface area contributed by atoms with Crippen LogP contribution in [0, 0.1) is 0 Å². The maximum atomic E-state index is 6.04. The Hall–Kier alpha value is -1.49. The fourth-order valence-electron chi connectivity index (χ4n) is 2.74. The Kier molecular flexibility index (Phi) is 3.70. The number of nitrogens with two attached hydrogens (primary N) is 1. The summed E-state index contributed by atoms with van der Waals surface area (Å²) in [6.45, 7) is 2.29. The van der Waals surface area contributed by atoms with Crippen LogP contribution < -0.4 is 10.6 Å². The Morgan fingerprint density at radius 2 is 1.95 bits per heavy atom. The minimum Gasteiger partial charge on any atom is -0.383 e. The summed E-state index contributed by atoms with van der Waals surface area (Å²) in [6.07, 6.45) is 5.73. The predicted molar refractivity (Wildman–Crippen MR) is 86.8 cm³/mol. The molecule has 1 aromatic carbocycles. The number of rotatable bonds is 2. The zero-order valence-corrected chi connectivity index (χ0v) is 13.2. The molecule has 4 nitrogen and oxygen atoms in total. The Morgan fingerprint density at radius 1 is 1.20 bits per heavy atom. The predicted octanol–water partition coefficient (Wildman–Crippen LogP) is 3.42. The molecule has 106 valence electrons. The lowest BCUT2D eigenvalue weighted by atomic mass is 10.1. The van der Waals surface area contributed by atoms with Crippen molar-refractivity contribution in [2.45, 2.75) is 19.3 Å². The van der Waals surface area contributed by atoms with E-state index in [2.05, 4.69) is 44.1 Å². The molecule has 1 aromatic heterocycles. The van der Waals surface area contributed by atoms with Crippen molar-refractivity contribution in [3.05, 3.63) is 28.9 Å². The summed E-state index contributed by atoms with van der Waals surface area (Å²) in [6, 6.07) is 6.44. The molecule has 0 atom stereocenters. The first kappa shape index (κ1) is 13.5. The molecule has 0 aliphatic carbocycles. The fourth-order valence-corrected chi connectivity index (χ4v) is 3.36.